The van der Waals surface area contributed by atoms with E-state index in [1.54, 1.807) is 26.4 Å². The van der Waals surface area contributed by atoms with E-state index in [-0.39, 0.29) is 6.10 Å². The molecule has 1 rings (SSSR count). The van der Waals surface area contributed by atoms with E-state index in [1.807, 2.05) is 13.0 Å². The van der Waals surface area contributed by atoms with Crippen molar-refractivity contribution < 1.29 is 14.2 Å². The number of methoxy groups -OCH3 is 2. The standard InChI is InChI=1S/C11H17NO3/c1-8(7-13-2)15-9-4-5-11(14-3)10(12)6-9/h4-6,8H,7,12H2,1-3H3. The average molecular weight is 211 g/mol. The number of nitrogens with two attached hydrogens (primary N) is 1. The lowest BCUT2D eigenvalue weighted by Crippen LogP contribution is -2.17. The number of rotatable bonds is 5. The fraction of sp³-hybridized carbons (Fsp3) is 0.455. The highest BCUT2D eigenvalue weighted by Crippen LogP contribution is 2.26. The number of hydrogen-bond donors (Lipinski definition) is 1. The molecule has 2 N–H and O–H groups in total. The first kappa shape index (κ1) is 11.7. The summed E-state index contributed by atoms with van der Waals surface area (Å²) in [4.78, 5) is 0. The molecule has 1 atom stereocenters. The van der Waals surface area contributed by atoms with Crippen molar-refractivity contribution in [2.24, 2.45) is 0 Å². The summed E-state index contributed by atoms with van der Waals surface area (Å²) in [6, 6.07) is 5.34. The summed E-state index contributed by atoms with van der Waals surface area (Å²) in [5, 5.41) is 0. The van der Waals surface area contributed by atoms with Crippen molar-refractivity contribution in [1.29, 1.82) is 0 Å². The molecular weight excluding hydrogens is 194 g/mol. The summed E-state index contributed by atoms with van der Waals surface area (Å²) in [7, 11) is 3.22. The zero-order valence-electron chi connectivity index (χ0n) is 9.32. The van der Waals surface area contributed by atoms with Gasteiger partial charge in [-0.05, 0) is 19.1 Å². The maximum absolute atomic E-state index is 5.75. The Hall–Kier alpha value is -1.42. The van der Waals surface area contributed by atoms with Crippen molar-refractivity contribution >= 4 is 5.69 Å². The number of hydrogen-bond acceptors (Lipinski definition) is 4. The topological polar surface area (TPSA) is 53.7 Å². The first-order valence-corrected chi connectivity index (χ1v) is 4.76. The molecule has 0 aliphatic carbocycles. The molecule has 0 amide bonds. The van der Waals surface area contributed by atoms with E-state index in [0.717, 1.165) is 5.75 Å². The molecule has 0 aliphatic rings. The number of nitrogen functional groups attached to an aromatic ring is 1. The maximum atomic E-state index is 5.75. The Morgan fingerprint density at radius 2 is 2.07 bits per heavy atom. The summed E-state index contributed by atoms with van der Waals surface area (Å²) < 4.78 is 15.6. The third-order valence-corrected chi connectivity index (χ3v) is 1.94. The molecule has 84 valence electrons. The molecule has 0 heterocycles. The predicted octanol–water partition coefficient (Wildman–Crippen LogP) is 1.69. The second-order valence-electron chi connectivity index (χ2n) is 3.29. The molecule has 1 unspecified atom stereocenters. The third-order valence-electron chi connectivity index (χ3n) is 1.94. The number of ether oxygens (including phenoxy) is 3. The molecule has 4 nitrogen and oxygen atoms in total. The van der Waals surface area contributed by atoms with Gasteiger partial charge < -0.3 is 19.9 Å². The van der Waals surface area contributed by atoms with Crippen LogP contribution in [-0.2, 0) is 4.74 Å². The molecule has 0 saturated heterocycles. The Morgan fingerprint density at radius 1 is 1.33 bits per heavy atom. The molecular formula is C11H17NO3. The van der Waals surface area contributed by atoms with E-state index in [1.165, 1.54) is 0 Å². The minimum atomic E-state index is 0.00259. The first-order chi connectivity index (χ1) is 7.17. The van der Waals surface area contributed by atoms with Crippen LogP contribution in [0.1, 0.15) is 6.92 Å². The van der Waals surface area contributed by atoms with E-state index in [0.29, 0.717) is 18.0 Å². The van der Waals surface area contributed by atoms with E-state index >= 15 is 0 Å². The van der Waals surface area contributed by atoms with Crippen LogP contribution in [-0.4, -0.2) is 26.9 Å². The van der Waals surface area contributed by atoms with E-state index in [2.05, 4.69) is 0 Å². The monoisotopic (exact) mass is 211 g/mol. The largest absolute Gasteiger partial charge is 0.495 e. The van der Waals surface area contributed by atoms with Crippen LogP contribution in [0.2, 0.25) is 0 Å². The molecule has 0 bridgehead atoms. The van der Waals surface area contributed by atoms with Crippen LogP contribution in [0, 0.1) is 0 Å². The van der Waals surface area contributed by atoms with Crippen molar-refractivity contribution in [2.75, 3.05) is 26.6 Å². The minimum absolute atomic E-state index is 0.00259. The van der Waals surface area contributed by atoms with Gasteiger partial charge in [0.15, 0.2) is 0 Å². The fourth-order valence-corrected chi connectivity index (χ4v) is 1.29. The van der Waals surface area contributed by atoms with E-state index in [4.69, 9.17) is 19.9 Å². The van der Waals surface area contributed by atoms with Gasteiger partial charge in [-0.15, -0.1) is 0 Å². The van der Waals surface area contributed by atoms with Crippen molar-refractivity contribution in [3.05, 3.63) is 18.2 Å². The highest BCUT2D eigenvalue weighted by molar-refractivity contribution is 5.56. The van der Waals surface area contributed by atoms with Crippen molar-refractivity contribution in [3.8, 4) is 11.5 Å². The van der Waals surface area contributed by atoms with Crippen LogP contribution in [0.5, 0.6) is 11.5 Å². The minimum Gasteiger partial charge on any atom is -0.495 e. The Bertz CT molecular complexity index is 315. The normalized spacial score (nSPS) is 12.2. The lowest BCUT2D eigenvalue weighted by molar-refractivity contribution is 0.0921. The Labute approximate surface area is 89.9 Å². The summed E-state index contributed by atoms with van der Waals surface area (Å²) in [5.74, 6) is 1.37. The number of benzene rings is 1. The van der Waals surface area contributed by atoms with Gasteiger partial charge in [-0.3, -0.25) is 0 Å². The Balaban J connectivity index is 2.66. The molecule has 15 heavy (non-hydrogen) atoms. The highest BCUT2D eigenvalue weighted by atomic mass is 16.5. The lowest BCUT2D eigenvalue weighted by atomic mass is 10.3. The lowest BCUT2D eigenvalue weighted by Gasteiger charge is -2.14. The Morgan fingerprint density at radius 3 is 2.60 bits per heavy atom. The van der Waals surface area contributed by atoms with Gasteiger partial charge in [0.25, 0.3) is 0 Å². The van der Waals surface area contributed by atoms with E-state index < -0.39 is 0 Å². The van der Waals surface area contributed by atoms with Gasteiger partial charge in [0.2, 0.25) is 0 Å². The second-order valence-corrected chi connectivity index (χ2v) is 3.29. The van der Waals surface area contributed by atoms with Gasteiger partial charge in [0.1, 0.15) is 17.6 Å². The molecule has 1 aromatic rings. The van der Waals surface area contributed by atoms with Gasteiger partial charge in [0.05, 0.1) is 19.4 Å². The zero-order valence-corrected chi connectivity index (χ0v) is 9.32. The molecule has 0 aliphatic heterocycles. The van der Waals surface area contributed by atoms with Crippen molar-refractivity contribution in [2.45, 2.75) is 13.0 Å². The average Bonchev–Trinajstić information content (AvgIpc) is 2.18. The molecule has 1 aromatic carbocycles. The van der Waals surface area contributed by atoms with Crippen LogP contribution in [0.15, 0.2) is 18.2 Å². The number of anilines is 1. The van der Waals surface area contributed by atoms with Crippen molar-refractivity contribution in [1.82, 2.24) is 0 Å². The van der Waals surface area contributed by atoms with Crippen LogP contribution in [0.4, 0.5) is 5.69 Å². The highest BCUT2D eigenvalue weighted by Gasteiger charge is 2.05. The molecule has 0 radical (unpaired) electrons. The summed E-state index contributed by atoms with van der Waals surface area (Å²) >= 11 is 0. The van der Waals surface area contributed by atoms with Crippen LogP contribution >= 0.6 is 0 Å². The van der Waals surface area contributed by atoms with Gasteiger partial charge in [-0.25, -0.2) is 0 Å². The van der Waals surface area contributed by atoms with Crippen LogP contribution in [0.3, 0.4) is 0 Å². The van der Waals surface area contributed by atoms with Gasteiger partial charge >= 0.3 is 0 Å². The first-order valence-electron chi connectivity index (χ1n) is 4.76. The van der Waals surface area contributed by atoms with Gasteiger partial charge in [-0.2, -0.15) is 0 Å². The van der Waals surface area contributed by atoms with Gasteiger partial charge in [-0.1, -0.05) is 0 Å². The van der Waals surface area contributed by atoms with Gasteiger partial charge in [0, 0.05) is 13.2 Å². The Kier molecular flexibility index (Phi) is 4.24. The molecule has 4 heteroatoms. The fourth-order valence-electron chi connectivity index (χ4n) is 1.29. The third kappa shape index (κ3) is 3.32. The summed E-state index contributed by atoms with van der Waals surface area (Å²) in [6.45, 7) is 2.48. The molecule has 0 aromatic heterocycles. The molecule has 0 spiro atoms. The van der Waals surface area contributed by atoms with Crippen LogP contribution in [0.25, 0.3) is 0 Å². The van der Waals surface area contributed by atoms with Crippen LogP contribution < -0.4 is 15.2 Å². The zero-order chi connectivity index (χ0) is 11.3. The molecule has 0 saturated carbocycles. The smallest absolute Gasteiger partial charge is 0.142 e. The predicted molar refractivity (Wildman–Crippen MR) is 59.4 cm³/mol. The summed E-state index contributed by atoms with van der Waals surface area (Å²) in [5.41, 5.74) is 6.31. The summed E-state index contributed by atoms with van der Waals surface area (Å²) in [6.07, 6.45) is 0.00259. The second kappa shape index (κ2) is 5.46. The maximum Gasteiger partial charge on any atom is 0.142 e. The quantitative estimate of drug-likeness (QED) is 0.753. The van der Waals surface area contributed by atoms with E-state index in [9.17, 15) is 0 Å². The van der Waals surface area contributed by atoms with Crippen molar-refractivity contribution in [3.63, 3.8) is 0 Å². The SMILES string of the molecule is COCC(C)Oc1ccc(OC)c(N)c1. The molecule has 0 fully saturated rings.